The molecule has 0 aromatic heterocycles. The number of hydrogen-bond donors (Lipinski definition) is 1. The van der Waals surface area contributed by atoms with Crippen molar-refractivity contribution in [2.45, 2.75) is 11.3 Å². The van der Waals surface area contributed by atoms with E-state index in [9.17, 15) is 14.0 Å². The van der Waals surface area contributed by atoms with Gasteiger partial charge in [0, 0.05) is 34.6 Å². The first-order valence-corrected chi connectivity index (χ1v) is 11.2. The summed E-state index contributed by atoms with van der Waals surface area (Å²) in [5, 5.41) is 3.58. The number of amides is 2. The van der Waals surface area contributed by atoms with Crippen LogP contribution >= 0.6 is 23.4 Å². The zero-order chi connectivity index (χ0) is 22.7. The predicted molar refractivity (Wildman–Crippen MR) is 128 cm³/mol. The molecule has 0 unspecified atom stereocenters. The Labute approximate surface area is 195 Å². The lowest BCUT2D eigenvalue weighted by molar-refractivity contribution is -0.114. The van der Waals surface area contributed by atoms with Gasteiger partial charge in [-0.05, 0) is 54.5 Å². The summed E-state index contributed by atoms with van der Waals surface area (Å²) in [6.07, 6.45) is 2.24. The minimum absolute atomic E-state index is 0.208. The molecule has 0 bridgehead atoms. The van der Waals surface area contributed by atoms with Gasteiger partial charge in [0.1, 0.15) is 5.82 Å². The lowest BCUT2D eigenvalue weighted by Crippen LogP contribution is -2.31. The van der Waals surface area contributed by atoms with E-state index in [0.717, 1.165) is 10.5 Å². The Hall–Kier alpha value is -3.09. The number of nitrogens with zero attached hydrogens (tertiary/aromatic N) is 1. The van der Waals surface area contributed by atoms with Gasteiger partial charge in [-0.1, -0.05) is 53.7 Å². The average molecular weight is 467 g/mol. The van der Waals surface area contributed by atoms with Gasteiger partial charge >= 0.3 is 0 Å². The topological polar surface area (TPSA) is 49.4 Å². The zero-order valence-corrected chi connectivity index (χ0v) is 18.8. The maximum Gasteiger partial charge on any atom is 0.264 e. The SMILES string of the molecule is CN1C(=O)C(=Cc2ccccc2F)Sc2ccc(C(=O)NCCc3ccc(Cl)cc3)cc21. The van der Waals surface area contributed by atoms with Gasteiger partial charge < -0.3 is 10.2 Å². The largest absolute Gasteiger partial charge is 0.352 e. The second-order valence-corrected chi connectivity index (χ2v) is 8.83. The molecule has 0 saturated heterocycles. The zero-order valence-electron chi connectivity index (χ0n) is 17.3. The first-order chi connectivity index (χ1) is 15.4. The lowest BCUT2D eigenvalue weighted by Gasteiger charge is -2.27. The third-order valence-electron chi connectivity index (χ3n) is 5.12. The maximum atomic E-state index is 14.0. The molecule has 0 spiro atoms. The summed E-state index contributed by atoms with van der Waals surface area (Å²) in [6, 6.07) is 19.1. The van der Waals surface area contributed by atoms with E-state index in [4.69, 9.17) is 11.6 Å². The highest BCUT2D eigenvalue weighted by Crippen LogP contribution is 2.42. The normalized spacial score (nSPS) is 14.4. The van der Waals surface area contributed by atoms with Crippen molar-refractivity contribution in [1.29, 1.82) is 0 Å². The van der Waals surface area contributed by atoms with Crippen LogP contribution in [-0.2, 0) is 11.2 Å². The van der Waals surface area contributed by atoms with E-state index in [1.54, 1.807) is 43.5 Å². The monoisotopic (exact) mass is 466 g/mol. The number of carbonyl (C=O) groups is 2. The van der Waals surface area contributed by atoms with Gasteiger partial charge in [0.25, 0.3) is 11.8 Å². The molecule has 1 aliphatic rings. The van der Waals surface area contributed by atoms with Gasteiger partial charge in [-0.25, -0.2) is 4.39 Å². The summed E-state index contributed by atoms with van der Waals surface area (Å²) in [5.74, 6) is -0.834. The highest BCUT2D eigenvalue weighted by Gasteiger charge is 2.27. The smallest absolute Gasteiger partial charge is 0.264 e. The number of fused-ring (bicyclic) bond motifs is 1. The van der Waals surface area contributed by atoms with Crippen LogP contribution in [0.4, 0.5) is 10.1 Å². The Morgan fingerprint density at radius 3 is 2.62 bits per heavy atom. The molecule has 1 N–H and O–H groups in total. The average Bonchev–Trinajstić information content (AvgIpc) is 2.79. The minimum atomic E-state index is -0.382. The Kier molecular flexibility index (Phi) is 6.63. The van der Waals surface area contributed by atoms with Crippen molar-refractivity contribution in [1.82, 2.24) is 5.32 Å². The van der Waals surface area contributed by atoms with Crippen molar-refractivity contribution in [3.8, 4) is 0 Å². The summed E-state index contributed by atoms with van der Waals surface area (Å²) in [4.78, 5) is 28.2. The molecule has 3 aromatic rings. The molecular weight excluding hydrogens is 447 g/mol. The highest BCUT2D eigenvalue weighted by molar-refractivity contribution is 8.04. The van der Waals surface area contributed by atoms with Crippen LogP contribution in [0.2, 0.25) is 5.02 Å². The molecule has 0 radical (unpaired) electrons. The molecule has 4 rings (SSSR count). The fourth-order valence-electron chi connectivity index (χ4n) is 3.34. The number of halogens is 2. The predicted octanol–water partition coefficient (Wildman–Crippen LogP) is 5.56. The van der Waals surface area contributed by atoms with Crippen LogP contribution in [-0.4, -0.2) is 25.4 Å². The van der Waals surface area contributed by atoms with Crippen LogP contribution < -0.4 is 10.2 Å². The van der Waals surface area contributed by atoms with Gasteiger partial charge in [0.05, 0.1) is 10.6 Å². The van der Waals surface area contributed by atoms with E-state index in [0.29, 0.717) is 39.7 Å². The number of rotatable bonds is 5. The Balaban J connectivity index is 1.47. The standard InChI is InChI=1S/C25H20ClFN2O2S/c1-29-21-14-18(24(30)28-13-12-16-6-9-19(26)10-7-16)8-11-22(21)32-23(25(29)31)15-17-4-2-3-5-20(17)27/h2-11,14-15H,12-13H2,1H3,(H,28,30). The van der Waals surface area contributed by atoms with Crippen LogP contribution in [0.5, 0.6) is 0 Å². The fraction of sp³-hybridized carbons (Fsp3) is 0.120. The molecule has 162 valence electrons. The lowest BCUT2D eigenvalue weighted by atomic mass is 10.1. The maximum absolute atomic E-state index is 14.0. The van der Waals surface area contributed by atoms with Gasteiger partial charge in [0.2, 0.25) is 0 Å². The van der Waals surface area contributed by atoms with Crippen molar-refractivity contribution < 1.29 is 14.0 Å². The molecule has 0 fully saturated rings. The summed E-state index contributed by atoms with van der Waals surface area (Å²) < 4.78 is 14.0. The van der Waals surface area contributed by atoms with Crippen molar-refractivity contribution in [2.24, 2.45) is 0 Å². The molecule has 0 saturated carbocycles. The first kappa shape index (κ1) is 22.1. The van der Waals surface area contributed by atoms with Gasteiger partial charge in [-0.15, -0.1) is 0 Å². The summed E-state index contributed by atoms with van der Waals surface area (Å²) in [6.45, 7) is 0.483. The minimum Gasteiger partial charge on any atom is -0.352 e. The number of hydrogen-bond acceptors (Lipinski definition) is 3. The molecule has 1 aliphatic heterocycles. The van der Waals surface area contributed by atoms with Crippen LogP contribution in [0.1, 0.15) is 21.5 Å². The van der Waals surface area contributed by atoms with Gasteiger partial charge in [0.15, 0.2) is 0 Å². The molecule has 4 nitrogen and oxygen atoms in total. The number of carbonyl (C=O) groups excluding carboxylic acids is 2. The highest BCUT2D eigenvalue weighted by atomic mass is 35.5. The molecule has 1 heterocycles. The quantitative estimate of drug-likeness (QED) is 0.501. The van der Waals surface area contributed by atoms with E-state index >= 15 is 0 Å². The van der Waals surface area contributed by atoms with Crippen LogP contribution in [0.3, 0.4) is 0 Å². The molecular formula is C25H20ClFN2O2S. The number of benzene rings is 3. The first-order valence-electron chi connectivity index (χ1n) is 10.0. The summed E-state index contributed by atoms with van der Waals surface area (Å²) in [5.41, 5.74) is 2.56. The van der Waals surface area contributed by atoms with E-state index < -0.39 is 0 Å². The van der Waals surface area contributed by atoms with Crippen molar-refractivity contribution in [2.75, 3.05) is 18.5 Å². The number of thioether (sulfide) groups is 1. The molecule has 7 heteroatoms. The Morgan fingerprint density at radius 1 is 1.12 bits per heavy atom. The second kappa shape index (κ2) is 9.59. The third kappa shape index (κ3) is 4.87. The fourth-order valence-corrected chi connectivity index (χ4v) is 4.55. The number of nitrogens with one attached hydrogen (secondary N) is 1. The van der Waals surface area contributed by atoms with E-state index in [-0.39, 0.29) is 17.6 Å². The number of likely N-dealkylation sites (N-methyl/N-ethyl adjacent to an activating group) is 1. The molecule has 0 aliphatic carbocycles. The van der Waals surface area contributed by atoms with Crippen molar-refractivity contribution >= 4 is 46.9 Å². The van der Waals surface area contributed by atoms with Crippen LogP contribution in [0, 0.1) is 5.82 Å². The molecule has 3 aromatic carbocycles. The third-order valence-corrected chi connectivity index (χ3v) is 6.45. The molecule has 2 amide bonds. The molecule has 32 heavy (non-hydrogen) atoms. The van der Waals surface area contributed by atoms with Crippen LogP contribution in [0.25, 0.3) is 6.08 Å². The van der Waals surface area contributed by atoms with Crippen molar-refractivity contribution in [3.63, 3.8) is 0 Å². The van der Waals surface area contributed by atoms with Gasteiger partial charge in [-0.2, -0.15) is 0 Å². The summed E-state index contributed by atoms with van der Waals surface area (Å²) >= 11 is 7.16. The summed E-state index contributed by atoms with van der Waals surface area (Å²) in [7, 11) is 1.65. The number of anilines is 1. The molecule has 0 atom stereocenters. The van der Waals surface area contributed by atoms with E-state index in [1.165, 1.54) is 22.7 Å². The van der Waals surface area contributed by atoms with Crippen LogP contribution in [0.15, 0.2) is 76.5 Å². The second-order valence-electron chi connectivity index (χ2n) is 7.31. The van der Waals surface area contributed by atoms with Gasteiger partial charge in [-0.3, -0.25) is 9.59 Å². The van der Waals surface area contributed by atoms with E-state index in [1.807, 2.05) is 30.3 Å². The Bertz CT molecular complexity index is 1210. The van der Waals surface area contributed by atoms with E-state index in [2.05, 4.69) is 5.32 Å². The van der Waals surface area contributed by atoms with Crippen molar-refractivity contribution in [3.05, 3.63) is 99.2 Å². The Morgan fingerprint density at radius 2 is 1.88 bits per heavy atom.